The van der Waals surface area contributed by atoms with Crippen LogP contribution in [0.3, 0.4) is 0 Å². The number of fused-ring (bicyclic) bond motifs is 2. The van der Waals surface area contributed by atoms with Crippen LogP contribution in [0.5, 0.6) is 0 Å². The lowest BCUT2D eigenvalue weighted by Crippen LogP contribution is -2.40. The first kappa shape index (κ1) is 18.1. The number of likely N-dealkylation sites (N-methyl/N-ethyl adjacent to an activating group) is 1. The third kappa shape index (κ3) is 3.13. The summed E-state index contributed by atoms with van der Waals surface area (Å²) >= 11 is 0. The van der Waals surface area contributed by atoms with Crippen LogP contribution in [-0.4, -0.2) is 39.3 Å². The highest BCUT2D eigenvalue weighted by atomic mass is 19.1. The smallest absolute Gasteiger partial charge is 0.290 e. The molecular formula is C21H22FN5O2. The number of nitrogens with one attached hydrogen (secondary N) is 1. The monoisotopic (exact) mass is 395 g/mol. The first-order chi connectivity index (χ1) is 14.1. The number of rotatable bonds is 3. The van der Waals surface area contributed by atoms with Gasteiger partial charge in [0.1, 0.15) is 11.5 Å². The van der Waals surface area contributed by atoms with Crippen molar-refractivity contribution in [3.05, 3.63) is 64.6 Å². The van der Waals surface area contributed by atoms with E-state index in [2.05, 4.69) is 20.5 Å². The maximum atomic E-state index is 14.3. The third-order valence-corrected chi connectivity index (χ3v) is 5.74. The molecule has 0 radical (unpaired) electrons. The number of para-hydroxylation sites is 1. The van der Waals surface area contributed by atoms with Gasteiger partial charge < -0.3 is 9.84 Å². The van der Waals surface area contributed by atoms with Gasteiger partial charge in [0.05, 0.1) is 23.6 Å². The summed E-state index contributed by atoms with van der Waals surface area (Å²) in [6.07, 6.45) is 5.52. The molecular weight excluding hydrogens is 373 g/mol. The van der Waals surface area contributed by atoms with E-state index in [1.165, 1.54) is 6.07 Å². The summed E-state index contributed by atoms with van der Waals surface area (Å²) in [5, 5.41) is 11.6. The zero-order valence-electron chi connectivity index (χ0n) is 16.2. The van der Waals surface area contributed by atoms with E-state index in [1.54, 1.807) is 29.1 Å². The lowest BCUT2D eigenvalue weighted by Gasteiger charge is -2.30. The maximum absolute atomic E-state index is 14.3. The highest BCUT2D eigenvalue weighted by molar-refractivity contribution is 5.93. The van der Waals surface area contributed by atoms with Crippen LogP contribution in [-0.2, 0) is 19.4 Å². The lowest BCUT2D eigenvalue weighted by atomic mass is 9.95. The molecule has 0 saturated carbocycles. The minimum atomic E-state index is -0.333. The molecule has 1 aromatic carbocycles. The van der Waals surface area contributed by atoms with Gasteiger partial charge in [0.2, 0.25) is 5.76 Å². The van der Waals surface area contributed by atoms with Crippen LogP contribution in [0, 0.1) is 5.82 Å². The largest absolute Gasteiger partial charge is 0.350 e. The van der Waals surface area contributed by atoms with E-state index in [0.29, 0.717) is 24.5 Å². The molecule has 2 aliphatic rings. The summed E-state index contributed by atoms with van der Waals surface area (Å²) in [7, 11) is 1.97. The highest BCUT2D eigenvalue weighted by Gasteiger charge is 2.32. The number of aromatic nitrogens is 3. The van der Waals surface area contributed by atoms with Crippen molar-refractivity contribution < 1.29 is 13.7 Å². The summed E-state index contributed by atoms with van der Waals surface area (Å²) < 4.78 is 21.3. The minimum Gasteiger partial charge on any atom is -0.350 e. The van der Waals surface area contributed by atoms with Gasteiger partial charge in [-0.3, -0.25) is 9.69 Å². The van der Waals surface area contributed by atoms with E-state index in [1.807, 2.05) is 7.05 Å². The standard InChI is InChI=1S/C21H22FN5O2/c1-26-11-17(24-21(28)20-13-6-2-4-8-16(13)25-29-20)14-10-23-27(19(14)12-26)18-9-5-3-7-15(18)22/h3,5,7,9-10,17H,2,4,6,8,11-12H2,1H3,(H,24,28). The summed E-state index contributed by atoms with van der Waals surface area (Å²) in [5.41, 5.74) is 4.00. The Hall–Kier alpha value is -3.00. The Balaban J connectivity index is 1.45. The van der Waals surface area contributed by atoms with Gasteiger partial charge in [-0.25, -0.2) is 9.07 Å². The molecule has 0 fully saturated rings. The van der Waals surface area contributed by atoms with E-state index < -0.39 is 0 Å². The molecule has 29 heavy (non-hydrogen) atoms. The van der Waals surface area contributed by atoms with Crippen molar-refractivity contribution in [2.24, 2.45) is 0 Å². The predicted molar refractivity (Wildman–Crippen MR) is 103 cm³/mol. The maximum Gasteiger partial charge on any atom is 0.290 e. The van der Waals surface area contributed by atoms with Gasteiger partial charge >= 0.3 is 0 Å². The van der Waals surface area contributed by atoms with Gasteiger partial charge in [-0.15, -0.1) is 0 Å². The molecule has 5 rings (SSSR count). The van der Waals surface area contributed by atoms with Gasteiger partial charge in [-0.05, 0) is 44.9 Å². The number of nitrogens with zero attached hydrogens (tertiary/aromatic N) is 4. The molecule has 3 aromatic rings. The Labute approximate surface area is 167 Å². The van der Waals surface area contributed by atoms with Crippen molar-refractivity contribution in [1.82, 2.24) is 25.2 Å². The van der Waals surface area contributed by atoms with Gasteiger partial charge in [-0.2, -0.15) is 5.10 Å². The van der Waals surface area contributed by atoms with Crippen molar-refractivity contribution in [2.75, 3.05) is 13.6 Å². The fourth-order valence-corrected chi connectivity index (χ4v) is 4.31. The van der Waals surface area contributed by atoms with Crippen LogP contribution >= 0.6 is 0 Å². The van der Waals surface area contributed by atoms with Gasteiger partial charge in [0.15, 0.2) is 0 Å². The molecule has 3 heterocycles. The summed E-state index contributed by atoms with van der Waals surface area (Å²) in [5.74, 6) is -0.276. The zero-order valence-corrected chi connectivity index (χ0v) is 16.2. The second-order valence-corrected chi connectivity index (χ2v) is 7.78. The van der Waals surface area contributed by atoms with E-state index in [9.17, 15) is 9.18 Å². The SMILES string of the molecule is CN1Cc2c(cnn2-c2ccccc2F)C(NC(=O)c2onc3c2CCCC3)C1. The molecule has 2 aromatic heterocycles. The van der Waals surface area contributed by atoms with Crippen molar-refractivity contribution in [2.45, 2.75) is 38.3 Å². The van der Waals surface area contributed by atoms with Crippen LogP contribution in [0.15, 0.2) is 35.0 Å². The van der Waals surface area contributed by atoms with E-state index in [4.69, 9.17) is 4.52 Å². The van der Waals surface area contributed by atoms with Gasteiger partial charge in [0.25, 0.3) is 5.91 Å². The van der Waals surface area contributed by atoms with Crippen molar-refractivity contribution in [3.8, 4) is 5.69 Å². The Morgan fingerprint density at radius 3 is 2.97 bits per heavy atom. The quantitative estimate of drug-likeness (QED) is 0.738. The summed E-state index contributed by atoms with van der Waals surface area (Å²) in [6.45, 7) is 1.26. The van der Waals surface area contributed by atoms with Crippen LogP contribution < -0.4 is 5.32 Å². The molecule has 0 spiro atoms. The number of carbonyl (C=O) groups excluding carboxylic acids is 1. The highest BCUT2D eigenvalue weighted by Crippen LogP contribution is 2.30. The molecule has 7 nitrogen and oxygen atoms in total. The molecule has 1 N–H and O–H groups in total. The Bertz CT molecular complexity index is 1070. The average molecular weight is 395 g/mol. The Morgan fingerprint density at radius 1 is 1.28 bits per heavy atom. The topological polar surface area (TPSA) is 76.2 Å². The number of carbonyl (C=O) groups is 1. The number of hydrogen-bond acceptors (Lipinski definition) is 5. The van der Waals surface area contributed by atoms with Crippen molar-refractivity contribution in [3.63, 3.8) is 0 Å². The van der Waals surface area contributed by atoms with E-state index in [0.717, 1.165) is 48.2 Å². The van der Waals surface area contributed by atoms with Crippen LogP contribution in [0.1, 0.15) is 52.0 Å². The molecule has 1 atom stereocenters. The molecule has 150 valence electrons. The fraction of sp³-hybridized carbons (Fsp3) is 0.381. The normalized spacial score (nSPS) is 18.9. The third-order valence-electron chi connectivity index (χ3n) is 5.74. The molecule has 1 aliphatic carbocycles. The molecule has 1 aliphatic heterocycles. The number of halogens is 1. The second-order valence-electron chi connectivity index (χ2n) is 7.78. The molecule has 1 amide bonds. The lowest BCUT2D eigenvalue weighted by molar-refractivity contribution is 0.0883. The summed E-state index contributed by atoms with van der Waals surface area (Å²) in [4.78, 5) is 15.0. The van der Waals surface area contributed by atoms with Crippen LogP contribution in [0.4, 0.5) is 4.39 Å². The van der Waals surface area contributed by atoms with Crippen LogP contribution in [0.2, 0.25) is 0 Å². The number of aryl methyl sites for hydroxylation is 1. The van der Waals surface area contributed by atoms with Crippen LogP contribution in [0.25, 0.3) is 5.69 Å². The predicted octanol–water partition coefficient (Wildman–Crippen LogP) is 2.79. The number of hydrogen-bond donors (Lipinski definition) is 1. The van der Waals surface area contributed by atoms with E-state index >= 15 is 0 Å². The van der Waals surface area contributed by atoms with Gasteiger partial charge in [0, 0.05) is 24.2 Å². The van der Waals surface area contributed by atoms with Crippen molar-refractivity contribution >= 4 is 5.91 Å². The van der Waals surface area contributed by atoms with E-state index in [-0.39, 0.29) is 17.8 Å². The Kier molecular flexibility index (Phi) is 4.43. The fourth-order valence-electron chi connectivity index (χ4n) is 4.31. The van der Waals surface area contributed by atoms with Crippen molar-refractivity contribution in [1.29, 1.82) is 0 Å². The Morgan fingerprint density at radius 2 is 2.10 bits per heavy atom. The molecule has 1 unspecified atom stereocenters. The average Bonchev–Trinajstić information content (AvgIpc) is 3.33. The molecule has 0 saturated heterocycles. The molecule has 8 heteroatoms. The first-order valence-corrected chi connectivity index (χ1v) is 9.90. The molecule has 0 bridgehead atoms. The summed E-state index contributed by atoms with van der Waals surface area (Å²) in [6, 6.07) is 6.29. The van der Waals surface area contributed by atoms with Gasteiger partial charge in [-0.1, -0.05) is 17.3 Å². The minimum absolute atomic E-state index is 0.259. The number of amides is 1. The number of benzene rings is 1. The first-order valence-electron chi connectivity index (χ1n) is 9.90. The second kappa shape index (κ2) is 7.11. The zero-order chi connectivity index (χ0) is 20.0.